The normalized spacial score (nSPS) is 12.2. The first-order valence-electron chi connectivity index (χ1n) is 8.26. The van der Waals surface area contributed by atoms with Crippen LogP contribution in [0.4, 0.5) is 0 Å². The maximum Gasteiger partial charge on any atom is -0.0250 e. The van der Waals surface area contributed by atoms with Crippen molar-refractivity contribution in [1.82, 2.24) is 0 Å². The summed E-state index contributed by atoms with van der Waals surface area (Å²) in [6, 6.07) is 0. The van der Waals surface area contributed by atoms with Crippen molar-refractivity contribution in [3.05, 3.63) is 59.8 Å². The highest BCUT2D eigenvalue weighted by Gasteiger charge is 1.95. The van der Waals surface area contributed by atoms with Gasteiger partial charge in [-0.25, -0.2) is 0 Å². The molecule has 21 heavy (non-hydrogen) atoms. The van der Waals surface area contributed by atoms with E-state index >= 15 is 0 Å². The Morgan fingerprint density at radius 2 is 1.48 bits per heavy atom. The molecular weight excluding hydrogens is 252 g/mol. The Kier molecular flexibility index (Phi) is 11.7. The van der Waals surface area contributed by atoms with E-state index in [1.807, 2.05) is 6.08 Å². The molecule has 0 fully saturated rings. The van der Waals surface area contributed by atoms with Crippen molar-refractivity contribution >= 4 is 0 Å². The maximum absolute atomic E-state index is 3.95. The lowest BCUT2D eigenvalue weighted by Gasteiger charge is -2.04. The molecule has 0 heterocycles. The van der Waals surface area contributed by atoms with Crippen LogP contribution in [0, 0.1) is 0 Å². The van der Waals surface area contributed by atoms with Gasteiger partial charge in [0.25, 0.3) is 0 Å². The molecule has 0 aliphatic rings. The maximum atomic E-state index is 3.95. The van der Waals surface area contributed by atoms with E-state index in [1.54, 1.807) is 5.57 Å². The standard InChI is InChI=1S/C21H34/c1-7-19(5)13-10-14-20(6)15-11-17-21(8-2)16-9-12-18(3)4/h7,12,14,17H,1,5,8-11,13,15-16H2,2-4,6H3. The van der Waals surface area contributed by atoms with Gasteiger partial charge in [-0.1, -0.05) is 66.7 Å². The Hall–Kier alpha value is -1.30. The zero-order valence-electron chi connectivity index (χ0n) is 14.7. The number of hydrogen-bond donors (Lipinski definition) is 0. The zero-order chi connectivity index (χ0) is 16.1. The summed E-state index contributed by atoms with van der Waals surface area (Å²) in [7, 11) is 0. The largest absolute Gasteiger partial charge is 0.0988 e. The second-order valence-corrected chi connectivity index (χ2v) is 6.03. The quantitative estimate of drug-likeness (QED) is 0.276. The van der Waals surface area contributed by atoms with E-state index < -0.39 is 0 Å². The van der Waals surface area contributed by atoms with E-state index in [1.165, 1.54) is 43.3 Å². The van der Waals surface area contributed by atoms with Crippen LogP contribution < -0.4 is 0 Å². The highest BCUT2D eigenvalue weighted by atomic mass is 14.0. The van der Waals surface area contributed by atoms with Crippen LogP contribution in [0.25, 0.3) is 0 Å². The number of hydrogen-bond acceptors (Lipinski definition) is 0. The molecule has 0 bridgehead atoms. The number of allylic oxidation sites excluding steroid dienone is 8. The van der Waals surface area contributed by atoms with E-state index in [-0.39, 0.29) is 0 Å². The second-order valence-electron chi connectivity index (χ2n) is 6.03. The van der Waals surface area contributed by atoms with Crippen LogP contribution >= 0.6 is 0 Å². The van der Waals surface area contributed by atoms with Gasteiger partial charge < -0.3 is 0 Å². The summed E-state index contributed by atoms with van der Waals surface area (Å²) >= 11 is 0. The van der Waals surface area contributed by atoms with Gasteiger partial charge in [-0.2, -0.15) is 0 Å². The summed E-state index contributed by atoms with van der Waals surface area (Å²) in [6.07, 6.45) is 17.0. The molecule has 0 saturated heterocycles. The van der Waals surface area contributed by atoms with E-state index in [4.69, 9.17) is 0 Å². The monoisotopic (exact) mass is 286 g/mol. The molecule has 0 N–H and O–H groups in total. The lowest BCUT2D eigenvalue weighted by Crippen LogP contribution is -1.84. The molecule has 0 rings (SSSR count). The smallest absolute Gasteiger partial charge is 0.0250 e. The molecule has 0 saturated carbocycles. The molecule has 0 unspecified atom stereocenters. The van der Waals surface area contributed by atoms with Crippen LogP contribution in [0.15, 0.2) is 59.8 Å². The minimum atomic E-state index is 1.03. The molecule has 0 nitrogen and oxygen atoms in total. The molecule has 0 aliphatic carbocycles. The van der Waals surface area contributed by atoms with Crippen LogP contribution in [0.1, 0.15) is 72.6 Å². The fourth-order valence-corrected chi connectivity index (χ4v) is 2.18. The molecule has 118 valence electrons. The molecule has 0 aromatic rings. The molecule has 0 aromatic carbocycles. The van der Waals surface area contributed by atoms with Crippen LogP contribution in [-0.4, -0.2) is 0 Å². The third kappa shape index (κ3) is 12.2. The van der Waals surface area contributed by atoms with Crippen molar-refractivity contribution in [2.45, 2.75) is 72.6 Å². The van der Waals surface area contributed by atoms with Gasteiger partial charge in [0.15, 0.2) is 0 Å². The van der Waals surface area contributed by atoms with Crippen LogP contribution in [0.5, 0.6) is 0 Å². The summed E-state index contributed by atoms with van der Waals surface area (Å²) in [5.41, 5.74) is 5.64. The van der Waals surface area contributed by atoms with E-state index in [9.17, 15) is 0 Å². The average Bonchev–Trinajstić information content (AvgIpc) is 2.45. The Bertz CT molecular complexity index is 398. The van der Waals surface area contributed by atoms with Gasteiger partial charge >= 0.3 is 0 Å². The molecule has 0 aromatic heterocycles. The van der Waals surface area contributed by atoms with Crippen molar-refractivity contribution in [1.29, 1.82) is 0 Å². The average molecular weight is 287 g/mol. The molecular formula is C21H34. The second kappa shape index (κ2) is 12.4. The predicted octanol–water partition coefficient (Wildman–Crippen LogP) is 7.32. The fourth-order valence-electron chi connectivity index (χ4n) is 2.18. The first kappa shape index (κ1) is 19.7. The Morgan fingerprint density at radius 3 is 2.05 bits per heavy atom. The first-order chi connectivity index (χ1) is 9.99. The van der Waals surface area contributed by atoms with E-state index in [0.717, 1.165) is 18.4 Å². The number of rotatable bonds is 11. The van der Waals surface area contributed by atoms with Crippen molar-refractivity contribution in [2.75, 3.05) is 0 Å². The molecule has 0 aliphatic heterocycles. The van der Waals surface area contributed by atoms with Crippen molar-refractivity contribution < 1.29 is 0 Å². The van der Waals surface area contributed by atoms with Crippen molar-refractivity contribution in [3.63, 3.8) is 0 Å². The summed E-state index contributed by atoms with van der Waals surface area (Å²) in [5, 5.41) is 0. The van der Waals surface area contributed by atoms with Gasteiger partial charge in [-0.15, -0.1) is 0 Å². The predicted molar refractivity (Wildman–Crippen MR) is 98.6 cm³/mol. The molecule has 0 atom stereocenters. The van der Waals surface area contributed by atoms with E-state index in [2.05, 4.69) is 59.1 Å². The zero-order valence-corrected chi connectivity index (χ0v) is 14.7. The third-order valence-electron chi connectivity index (χ3n) is 3.69. The molecule has 0 radical (unpaired) electrons. The Morgan fingerprint density at radius 1 is 0.857 bits per heavy atom. The summed E-state index contributed by atoms with van der Waals surface area (Å²) in [6.45, 7) is 16.5. The van der Waals surface area contributed by atoms with E-state index in [0.29, 0.717) is 0 Å². The van der Waals surface area contributed by atoms with Crippen molar-refractivity contribution in [3.8, 4) is 0 Å². The minimum Gasteiger partial charge on any atom is -0.0988 e. The molecule has 0 spiro atoms. The van der Waals surface area contributed by atoms with Gasteiger partial charge in [0.1, 0.15) is 0 Å². The third-order valence-corrected chi connectivity index (χ3v) is 3.69. The first-order valence-corrected chi connectivity index (χ1v) is 8.26. The summed E-state index contributed by atoms with van der Waals surface area (Å²) in [4.78, 5) is 0. The van der Waals surface area contributed by atoms with Crippen LogP contribution in [-0.2, 0) is 0 Å². The highest BCUT2D eigenvalue weighted by Crippen LogP contribution is 2.15. The fraction of sp³-hybridized carbons (Fsp3) is 0.524. The Balaban J connectivity index is 4.08. The topological polar surface area (TPSA) is 0 Å². The lowest BCUT2D eigenvalue weighted by atomic mass is 10.0. The minimum absolute atomic E-state index is 1.03. The van der Waals surface area contributed by atoms with Crippen molar-refractivity contribution in [2.24, 2.45) is 0 Å². The SMILES string of the molecule is C=CC(=C)CCC=C(C)CCC=C(CC)CCC=C(C)C. The molecule has 0 amide bonds. The summed E-state index contributed by atoms with van der Waals surface area (Å²) < 4.78 is 0. The van der Waals surface area contributed by atoms with Gasteiger partial charge in [0, 0.05) is 0 Å². The lowest BCUT2D eigenvalue weighted by molar-refractivity contribution is 0.867. The van der Waals surface area contributed by atoms with Gasteiger partial charge in [-0.3, -0.25) is 0 Å². The van der Waals surface area contributed by atoms with Gasteiger partial charge in [0.2, 0.25) is 0 Å². The Labute approximate surface area is 133 Å². The molecule has 0 heteroatoms. The van der Waals surface area contributed by atoms with Gasteiger partial charge in [0.05, 0.1) is 0 Å². The van der Waals surface area contributed by atoms with Crippen LogP contribution in [0.3, 0.4) is 0 Å². The van der Waals surface area contributed by atoms with Crippen LogP contribution in [0.2, 0.25) is 0 Å². The van der Waals surface area contributed by atoms with Gasteiger partial charge in [-0.05, 0) is 65.7 Å². The highest BCUT2D eigenvalue weighted by molar-refractivity contribution is 5.12. The summed E-state index contributed by atoms with van der Waals surface area (Å²) in [5.74, 6) is 0.